The molecule has 0 aliphatic carbocycles. The maximum absolute atomic E-state index is 4.82. The molecule has 0 bridgehead atoms. The van der Waals surface area contributed by atoms with Gasteiger partial charge in [0.1, 0.15) is 5.82 Å². The van der Waals surface area contributed by atoms with Gasteiger partial charge in [-0.15, -0.1) is 0 Å². The fourth-order valence-corrected chi connectivity index (χ4v) is 3.02. The van der Waals surface area contributed by atoms with Gasteiger partial charge < -0.3 is 16.0 Å². The van der Waals surface area contributed by atoms with Crippen molar-refractivity contribution in [3.8, 4) is 0 Å². The second-order valence-electron chi connectivity index (χ2n) is 5.18. The van der Waals surface area contributed by atoms with E-state index in [2.05, 4.69) is 43.6 Å². The van der Waals surface area contributed by atoms with Crippen molar-refractivity contribution < 1.29 is 0 Å². The molecule has 3 N–H and O–H groups in total. The molecule has 0 radical (unpaired) electrons. The van der Waals surface area contributed by atoms with Gasteiger partial charge in [0, 0.05) is 37.8 Å². The van der Waals surface area contributed by atoms with Crippen molar-refractivity contribution in [1.29, 1.82) is 0 Å². The van der Waals surface area contributed by atoms with Crippen LogP contribution in [0.5, 0.6) is 0 Å². The standard InChI is InChI=1S/C16H24N4/c1-8-9(2)13(17-5)10(3)15-12(8)14(18-6)11(4)16(19-7)20-15/h17H,1-7H3,(H2,18,19,20). The first-order valence-electron chi connectivity index (χ1n) is 6.95. The zero-order chi connectivity index (χ0) is 15.0. The SMILES string of the molecule is CNc1nc2c(C)c(NC)c(C)c(C)c2c(NC)c1C. The Labute approximate surface area is 121 Å². The summed E-state index contributed by atoms with van der Waals surface area (Å²) in [7, 11) is 5.85. The predicted molar refractivity (Wildman–Crippen MR) is 89.3 cm³/mol. The molecule has 2 aromatic rings. The second-order valence-corrected chi connectivity index (χ2v) is 5.18. The summed E-state index contributed by atoms with van der Waals surface area (Å²) in [6, 6.07) is 0. The minimum absolute atomic E-state index is 0.926. The van der Waals surface area contributed by atoms with Crippen molar-refractivity contribution in [1.82, 2.24) is 4.98 Å². The van der Waals surface area contributed by atoms with E-state index in [4.69, 9.17) is 4.98 Å². The maximum atomic E-state index is 4.82. The largest absolute Gasteiger partial charge is 0.388 e. The molecule has 2 rings (SSSR count). The molecule has 1 aromatic carbocycles. The van der Waals surface area contributed by atoms with Gasteiger partial charge in [0.05, 0.1) is 11.2 Å². The number of fused-ring (bicyclic) bond motifs is 1. The van der Waals surface area contributed by atoms with E-state index in [0.29, 0.717) is 0 Å². The Morgan fingerprint density at radius 1 is 0.650 bits per heavy atom. The molecule has 4 nitrogen and oxygen atoms in total. The number of aryl methyl sites for hydroxylation is 2. The van der Waals surface area contributed by atoms with Gasteiger partial charge in [-0.05, 0) is 44.4 Å². The van der Waals surface area contributed by atoms with Crippen LogP contribution in [-0.4, -0.2) is 26.1 Å². The summed E-state index contributed by atoms with van der Waals surface area (Å²) in [6.07, 6.45) is 0. The highest BCUT2D eigenvalue weighted by Gasteiger charge is 2.18. The van der Waals surface area contributed by atoms with Crippen LogP contribution in [0.3, 0.4) is 0 Å². The third-order valence-electron chi connectivity index (χ3n) is 4.22. The number of hydrogen-bond donors (Lipinski definition) is 3. The molecule has 0 saturated heterocycles. The minimum atomic E-state index is 0.926. The highest BCUT2D eigenvalue weighted by Crippen LogP contribution is 2.39. The summed E-state index contributed by atoms with van der Waals surface area (Å²) in [5.74, 6) is 0.926. The Kier molecular flexibility index (Phi) is 3.75. The van der Waals surface area contributed by atoms with Crippen LogP contribution in [0, 0.1) is 27.7 Å². The number of hydrogen-bond acceptors (Lipinski definition) is 4. The molecule has 0 unspecified atom stereocenters. The van der Waals surface area contributed by atoms with Gasteiger partial charge in [0.2, 0.25) is 0 Å². The van der Waals surface area contributed by atoms with Crippen LogP contribution in [0.2, 0.25) is 0 Å². The average Bonchev–Trinajstić information content (AvgIpc) is 2.45. The molecule has 108 valence electrons. The zero-order valence-electron chi connectivity index (χ0n) is 13.4. The predicted octanol–water partition coefficient (Wildman–Crippen LogP) is 3.59. The monoisotopic (exact) mass is 272 g/mol. The molecule has 0 atom stereocenters. The van der Waals surface area contributed by atoms with E-state index < -0.39 is 0 Å². The lowest BCUT2D eigenvalue weighted by molar-refractivity contribution is 1.24. The van der Waals surface area contributed by atoms with E-state index in [1.165, 1.54) is 27.8 Å². The first kappa shape index (κ1) is 14.4. The van der Waals surface area contributed by atoms with Crippen LogP contribution in [0.25, 0.3) is 10.9 Å². The van der Waals surface area contributed by atoms with Crippen molar-refractivity contribution in [2.45, 2.75) is 27.7 Å². The fraction of sp³-hybridized carbons (Fsp3) is 0.438. The molecular weight excluding hydrogens is 248 g/mol. The summed E-state index contributed by atoms with van der Waals surface area (Å²) >= 11 is 0. The topological polar surface area (TPSA) is 49.0 Å². The fourth-order valence-electron chi connectivity index (χ4n) is 3.02. The smallest absolute Gasteiger partial charge is 0.131 e. The van der Waals surface area contributed by atoms with Gasteiger partial charge in [-0.2, -0.15) is 0 Å². The van der Waals surface area contributed by atoms with Gasteiger partial charge in [0.15, 0.2) is 0 Å². The lowest BCUT2D eigenvalue weighted by Crippen LogP contribution is -2.06. The Morgan fingerprint density at radius 2 is 1.25 bits per heavy atom. The summed E-state index contributed by atoms with van der Waals surface area (Å²) in [5, 5.41) is 11.1. The first-order valence-corrected chi connectivity index (χ1v) is 6.95. The molecule has 4 heteroatoms. The van der Waals surface area contributed by atoms with Gasteiger partial charge in [-0.3, -0.25) is 0 Å². The normalized spacial score (nSPS) is 10.8. The number of nitrogens with one attached hydrogen (secondary N) is 3. The first-order chi connectivity index (χ1) is 9.47. The van der Waals surface area contributed by atoms with Gasteiger partial charge in [-0.25, -0.2) is 4.98 Å². The Bertz CT molecular complexity index is 674. The molecule has 0 aliphatic heterocycles. The van der Waals surface area contributed by atoms with E-state index in [9.17, 15) is 0 Å². The van der Waals surface area contributed by atoms with Crippen LogP contribution in [0.1, 0.15) is 22.3 Å². The lowest BCUT2D eigenvalue weighted by atomic mass is 9.95. The van der Waals surface area contributed by atoms with Gasteiger partial charge in [0.25, 0.3) is 0 Å². The van der Waals surface area contributed by atoms with Crippen LogP contribution in [-0.2, 0) is 0 Å². The quantitative estimate of drug-likeness (QED) is 0.799. The highest BCUT2D eigenvalue weighted by atomic mass is 15.0. The van der Waals surface area contributed by atoms with Crippen LogP contribution in [0.15, 0.2) is 0 Å². The summed E-state index contributed by atoms with van der Waals surface area (Å²) in [4.78, 5) is 4.82. The molecule has 0 aliphatic rings. The molecule has 0 fully saturated rings. The van der Waals surface area contributed by atoms with Crippen molar-refractivity contribution >= 4 is 28.1 Å². The Morgan fingerprint density at radius 3 is 1.75 bits per heavy atom. The van der Waals surface area contributed by atoms with Crippen LogP contribution >= 0.6 is 0 Å². The molecule has 0 spiro atoms. The van der Waals surface area contributed by atoms with Gasteiger partial charge >= 0.3 is 0 Å². The Hall–Kier alpha value is -1.97. The minimum Gasteiger partial charge on any atom is -0.388 e. The summed E-state index contributed by atoms with van der Waals surface area (Å²) in [5.41, 5.74) is 8.29. The number of nitrogens with zero attached hydrogens (tertiary/aromatic N) is 1. The Balaban J connectivity index is 3.06. The van der Waals surface area contributed by atoms with Gasteiger partial charge in [-0.1, -0.05) is 0 Å². The molecule has 0 amide bonds. The highest BCUT2D eigenvalue weighted by molar-refractivity contribution is 6.02. The van der Waals surface area contributed by atoms with Crippen molar-refractivity contribution in [3.05, 3.63) is 22.3 Å². The summed E-state index contributed by atoms with van der Waals surface area (Å²) in [6.45, 7) is 8.55. The number of rotatable bonds is 3. The van der Waals surface area contributed by atoms with E-state index in [1.54, 1.807) is 0 Å². The van der Waals surface area contributed by atoms with E-state index >= 15 is 0 Å². The third-order valence-corrected chi connectivity index (χ3v) is 4.22. The van der Waals surface area contributed by atoms with Crippen molar-refractivity contribution in [2.24, 2.45) is 0 Å². The zero-order valence-corrected chi connectivity index (χ0v) is 13.4. The van der Waals surface area contributed by atoms with Crippen molar-refractivity contribution in [3.63, 3.8) is 0 Å². The number of pyridine rings is 1. The van der Waals surface area contributed by atoms with E-state index in [-0.39, 0.29) is 0 Å². The molecule has 0 saturated carbocycles. The maximum Gasteiger partial charge on any atom is 0.131 e. The van der Waals surface area contributed by atoms with Crippen LogP contribution < -0.4 is 16.0 Å². The average molecular weight is 272 g/mol. The number of benzene rings is 1. The number of anilines is 3. The number of aromatic nitrogens is 1. The lowest BCUT2D eigenvalue weighted by Gasteiger charge is -2.21. The van der Waals surface area contributed by atoms with E-state index in [1.807, 2.05) is 21.1 Å². The molecule has 20 heavy (non-hydrogen) atoms. The second kappa shape index (κ2) is 5.19. The van der Waals surface area contributed by atoms with Crippen LogP contribution in [0.4, 0.5) is 17.2 Å². The van der Waals surface area contributed by atoms with E-state index in [0.717, 1.165) is 22.6 Å². The molecular formula is C16H24N4. The molecule has 1 aromatic heterocycles. The third kappa shape index (κ3) is 1.87. The summed E-state index contributed by atoms with van der Waals surface area (Å²) < 4.78 is 0. The molecule has 1 heterocycles. The van der Waals surface area contributed by atoms with Crippen molar-refractivity contribution in [2.75, 3.05) is 37.1 Å².